The molecule has 0 fully saturated rings. The molecule has 0 bridgehead atoms. The van der Waals surface area contributed by atoms with E-state index in [9.17, 15) is 19.3 Å². The van der Waals surface area contributed by atoms with Crippen molar-refractivity contribution in [3.8, 4) is 0 Å². The Morgan fingerprint density at radius 1 is 1.24 bits per heavy atom. The van der Waals surface area contributed by atoms with Gasteiger partial charge in [0, 0.05) is 12.1 Å². The van der Waals surface area contributed by atoms with Crippen molar-refractivity contribution < 1.29 is 14.1 Å². The molecule has 21 heavy (non-hydrogen) atoms. The third kappa shape index (κ3) is 3.40. The topological polar surface area (TPSA) is 98.3 Å². The number of amides is 1. The summed E-state index contributed by atoms with van der Waals surface area (Å²) in [5.41, 5.74) is 5.70. The molecule has 7 heteroatoms. The largest absolute Gasteiger partial charge is 0.319 e. The maximum absolute atomic E-state index is 13.2. The first-order valence-electron chi connectivity index (χ1n) is 6.04. The van der Waals surface area contributed by atoms with Crippen LogP contribution in [0.2, 0.25) is 0 Å². The van der Waals surface area contributed by atoms with E-state index in [-0.39, 0.29) is 5.69 Å². The third-order valence-corrected chi connectivity index (χ3v) is 2.85. The second-order valence-corrected chi connectivity index (χ2v) is 4.30. The first-order valence-corrected chi connectivity index (χ1v) is 6.04. The summed E-state index contributed by atoms with van der Waals surface area (Å²) in [6, 6.07) is 10.3. The number of benzene rings is 2. The summed E-state index contributed by atoms with van der Waals surface area (Å²) in [4.78, 5) is 22.2. The zero-order valence-corrected chi connectivity index (χ0v) is 10.8. The van der Waals surface area contributed by atoms with Crippen LogP contribution >= 0.6 is 0 Å². The van der Waals surface area contributed by atoms with Gasteiger partial charge in [0.05, 0.1) is 4.92 Å². The fourth-order valence-corrected chi connectivity index (χ4v) is 1.79. The number of hydrogen-bond donors (Lipinski definition) is 2. The van der Waals surface area contributed by atoms with Crippen molar-refractivity contribution in [3.05, 3.63) is 70.0 Å². The van der Waals surface area contributed by atoms with E-state index in [4.69, 9.17) is 5.73 Å². The van der Waals surface area contributed by atoms with Gasteiger partial charge in [0.15, 0.2) is 0 Å². The lowest BCUT2D eigenvalue weighted by atomic mass is 10.1. The second kappa shape index (κ2) is 6.10. The summed E-state index contributed by atoms with van der Waals surface area (Å²) in [6.07, 6.45) is 0. The number of rotatable bonds is 4. The van der Waals surface area contributed by atoms with Gasteiger partial charge in [-0.2, -0.15) is 0 Å². The first-order chi connectivity index (χ1) is 9.99. The molecule has 0 aliphatic heterocycles. The Kier molecular flexibility index (Phi) is 4.24. The molecule has 108 valence electrons. The summed E-state index contributed by atoms with van der Waals surface area (Å²) in [6.45, 7) is 0. The van der Waals surface area contributed by atoms with Crippen LogP contribution in [0.4, 0.5) is 15.8 Å². The van der Waals surface area contributed by atoms with Crippen molar-refractivity contribution in [3.63, 3.8) is 0 Å². The van der Waals surface area contributed by atoms with Crippen LogP contribution in [0.5, 0.6) is 0 Å². The predicted molar refractivity (Wildman–Crippen MR) is 75.1 cm³/mol. The normalized spacial score (nSPS) is 11.7. The summed E-state index contributed by atoms with van der Waals surface area (Å²) in [7, 11) is 0. The fourth-order valence-electron chi connectivity index (χ4n) is 1.79. The fraction of sp³-hybridized carbons (Fsp3) is 0.0714. The van der Waals surface area contributed by atoms with Gasteiger partial charge in [-0.1, -0.05) is 30.3 Å². The molecule has 0 saturated heterocycles. The Labute approximate surface area is 119 Å². The number of nitrogens with two attached hydrogens (primary N) is 1. The van der Waals surface area contributed by atoms with Crippen LogP contribution in [0, 0.1) is 15.9 Å². The van der Waals surface area contributed by atoms with Gasteiger partial charge >= 0.3 is 0 Å². The van der Waals surface area contributed by atoms with Crippen molar-refractivity contribution in [2.75, 3.05) is 5.32 Å². The zero-order chi connectivity index (χ0) is 15.4. The minimum absolute atomic E-state index is 0.226. The van der Waals surface area contributed by atoms with Crippen LogP contribution in [-0.4, -0.2) is 10.8 Å². The lowest BCUT2D eigenvalue weighted by molar-refractivity contribution is -0.384. The lowest BCUT2D eigenvalue weighted by Gasteiger charge is -2.12. The minimum Gasteiger partial charge on any atom is -0.319 e. The highest BCUT2D eigenvalue weighted by Gasteiger charge is 2.21. The molecule has 0 saturated carbocycles. The van der Waals surface area contributed by atoms with Gasteiger partial charge in [-0.15, -0.1) is 0 Å². The molecule has 6 nitrogen and oxygen atoms in total. The van der Waals surface area contributed by atoms with E-state index in [1.54, 1.807) is 30.3 Å². The first kappa shape index (κ1) is 14.6. The van der Waals surface area contributed by atoms with Crippen molar-refractivity contribution in [2.24, 2.45) is 5.73 Å². The van der Waals surface area contributed by atoms with Crippen LogP contribution in [0.25, 0.3) is 0 Å². The second-order valence-electron chi connectivity index (χ2n) is 4.30. The number of nitrogens with zero attached hydrogens (tertiary/aromatic N) is 1. The molecular formula is C14H12FN3O3. The smallest absolute Gasteiger partial charge is 0.292 e. The van der Waals surface area contributed by atoms with Crippen LogP contribution < -0.4 is 11.1 Å². The van der Waals surface area contributed by atoms with Crippen LogP contribution in [0.15, 0.2) is 48.5 Å². The number of carbonyl (C=O) groups excluding carboxylic acids is 1. The van der Waals surface area contributed by atoms with Crippen LogP contribution in [0.1, 0.15) is 11.6 Å². The van der Waals surface area contributed by atoms with Gasteiger partial charge in [-0.05, 0) is 11.6 Å². The van der Waals surface area contributed by atoms with E-state index in [2.05, 4.69) is 5.32 Å². The van der Waals surface area contributed by atoms with Gasteiger partial charge in [0.1, 0.15) is 17.5 Å². The Morgan fingerprint density at radius 2 is 1.90 bits per heavy atom. The Bertz CT molecular complexity index is 676. The highest BCUT2D eigenvalue weighted by atomic mass is 19.1. The summed E-state index contributed by atoms with van der Waals surface area (Å²) < 4.78 is 13.2. The monoisotopic (exact) mass is 289 g/mol. The zero-order valence-electron chi connectivity index (χ0n) is 10.8. The van der Waals surface area contributed by atoms with Crippen molar-refractivity contribution >= 4 is 17.3 Å². The minimum atomic E-state index is -1.01. The molecule has 3 N–H and O–H groups in total. The molecular weight excluding hydrogens is 277 g/mol. The molecule has 2 rings (SSSR count). The number of nitro groups is 1. The average Bonchev–Trinajstić information content (AvgIpc) is 2.47. The highest BCUT2D eigenvalue weighted by molar-refractivity contribution is 5.97. The van der Waals surface area contributed by atoms with E-state index in [1.807, 2.05) is 0 Å². The number of carbonyl (C=O) groups is 1. The number of hydrogen-bond acceptors (Lipinski definition) is 4. The molecule has 0 heterocycles. The molecule has 0 aliphatic rings. The third-order valence-electron chi connectivity index (χ3n) is 2.85. The number of nitro benzene ring substituents is 1. The SMILES string of the molecule is N[C@@H](C(=O)Nc1cc(F)ccc1[N+](=O)[O-])c1ccccc1. The predicted octanol–water partition coefficient (Wildman–Crippen LogP) is 2.37. The van der Waals surface area contributed by atoms with Gasteiger partial charge in [-0.25, -0.2) is 4.39 Å². The molecule has 0 aliphatic carbocycles. The Morgan fingerprint density at radius 3 is 2.52 bits per heavy atom. The van der Waals surface area contributed by atoms with E-state index >= 15 is 0 Å². The molecule has 1 amide bonds. The molecule has 0 radical (unpaired) electrons. The van der Waals surface area contributed by atoms with Crippen LogP contribution in [0.3, 0.4) is 0 Å². The van der Waals surface area contributed by atoms with Gasteiger partial charge in [0.2, 0.25) is 5.91 Å². The van der Waals surface area contributed by atoms with Crippen molar-refractivity contribution in [1.82, 2.24) is 0 Å². The quantitative estimate of drug-likeness (QED) is 0.666. The molecule has 0 spiro atoms. The van der Waals surface area contributed by atoms with Gasteiger partial charge < -0.3 is 11.1 Å². The van der Waals surface area contributed by atoms with E-state index in [0.717, 1.165) is 18.2 Å². The van der Waals surface area contributed by atoms with Gasteiger partial charge in [0.25, 0.3) is 5.69 Å². The summed E-state index contributed by atoms with van der Waals surface area (Å²) >= 11 is 0. The molecule has 2 aromatic rings. The highest BCUT2D eigenvalue weighted by Crippen LogP contribution is 2.26. The van der Waals surface area contributed by atoms with Crippen molar-refractivity contribution in [1.29, 1.82) is 0 Å². The lowest BCUT2D eigenvalue weighted by Crippen LogP contribution is -2.28. The van der Waals surface area contributed by atoms with E-state index < -0.39 is 28.4 Å². The maximum atomic E-state index is 13.2. The molecule has 0 aromatic heterocycles. The molecule has 2 aromatic carbocycles. The molecule has 1 atom stereocenters. The average molecular weight is 289 g/mol. The standard InChI is InChI=1S/C14H12FN3O3/c15-10-6-7-12(18(20)21)11(8-10)17-14(19)13(16)9-4-2-1-3-5-9/h1-8,13H,16H2,(H,17,19)/t13-/m1/s1. The summed E-state index contributed by atoms with van der Waals surface area (Å²) in [5, 5.41) is 13.1. The van der Waals surface area contributed by atoms with E-state index in [1.165, 1.54) is 0 Å². The number of halogens is 1. The van der Waals surface area contributed by atoms with E-state index in [0.29, 0.717) is 5.56 Å². The summed E-state index contributed by atoms with van der Waals surface area (Å²) in [5.74, 6) is -1.35. The van der Waals surface area contributed by atoms with Gasteiger partial charge in [-0.3, -0.25) is 14.9 Å². The number of anilines is 1. The van der Waals surface area contributed by atoms with Crippen LogP contribution in [-0.2, 0) is 4.79 Å². The number of nitrogens with one attached hydrogen (secondary N) is 1. The molecule has 0 unspecified atom stereocenters. The Hall–Kier alpha value is -2.80. The van der Waals surface area contributed by atoms with Crippen molar-refractivity contribution in [2.45, 2.75) is 6.04 Å². The maximum Gasteiger partial charge on any atom is 0.292 e. The Balaban J connectivity index is 2.24.